The predicted octanol–water partition coefficient (Wildman–Crippen LogP) is 1.93. The van der Waals surface area contributed by atoms with Gasteiger partial charge in [-0.25, -0.2) is 0 Å². The highest BCUT2D eigenvalue weighted by Crippen LogP contribution is 2.26. The fourth-order valence-corrected chi connectivity index (χ4v) is 1.88. The molecule has 0 amide bonds. The molecule has 0 spiro atoms. The van der Waals surface area contributed by atoms with Gasteiger partial charge in [0.05, 0.1) is 0 Å². The lowest BCUT2D eigenvalue weighted by molar-refractivity contribution is 0.334. The molecule has 1 unspecified atom stereocenters. The molecule has 0 aromatic rings. The summed E-state index contributed by atoms with van der Waals surface area (Å²) in [6, 6.07) is 0.0121. The van der Waals surface area contributed by atoms with Crippen molar-refractivity contribution < 1.29 is 0 Å². The molecule has 1 atom stereocenters. The van der Waals surface area contributed by atoms with E-state index in [2.05, 4.69) is 0 Å². The maximum absolute atomic E-state index is 6.98. The zero-order valence-electron chi connectivity index (χ0n) is 7.05. The van der Waals surface area contributed by atoms with Gasteiger partial charge in [-0.2, -0.15) is 0 Å². The second-order valence-electron chi connectivity index (χ2n) is 3.57. The van der Waals surface area contributed by atoms with Gasteiger partial charge in [0.15, 0.2) is 0 Å². The third kappa shape index (κ3) is 3.02. The number of nitrogens with one attached hydrogen (secondary N) is 1. The first-order valence-corrected chi connectivity index (χ1v) is 4.59. The first kappa shape index (κ1) is 8.72. The molecule has 0 radical (unpaired) electrons. The van der Waals surface area contributed by atoms with Crippen LogP contribution in [-0.4, -0.2) is 12.3 Å². The van der Waals surface area contributed by atoms with Gasteiger partial charge in [-0.3, -0.25) is 0 Å². The van der Waals surface area contributed by atoms with Crippen molar-refractivity contribution >= 4 is 6.21 Å². The van der Waals surface area contributed by atoms with Crippen LogP contribution in [0.3, 0.4) is 0 Å². The molecule has 11 heavy (non-hydrogen) atoms. The normalized spacial score (nSPS) is 23.0. The minimum Gasteiger partial charge on any atom is -0.323 e. The summed E-state index contributed by atoms with van der Waals surface area (Å²) >= 11 is 0. The molecule has 0 aromatic heterocycles. The van der Waals surface area contributed by atoms with E-state index in [1.807, 2.05) is 0 Å². The van der Waals surface area contributed by atoms with Crippen LogP contribution in [0.5, 0.6) is 0 Å². The summed E-state index contributed by atoms with van der Waals surface area (Å²) in [7, 11) is 0. The van der Waals surface area contributed by atoms with E-state index < -0.39 is 0 Å². The lowest BCUT2D eigenvalue weighted by atomic mass is 9.85. The second kappa shape index (κ2) is 4.50. The van der Waals surface area contributed by atoms with Crippen LogP contribution in [0.4, 0.5) is 0 Å². The van der Waals surface area contributed by atoms with Crippen LogP contribution in [0, 0.1) is 11.3 Å². The molecule has 2 heteroatoms. The molecular weight excluding hydrogens is 136 g/mol. The van der Waals surface area contributed by atoms with Crippen molar-refractivity contribution in [1.82, 2.24) is 0 Å². The fraction of sp³-hybridized carbons (Fsp3) is 0.889. The molecule has 0 bridgehead atoms. The summed E-state index contributed by atoms with van der Waals surface area (Å²) in [5.74, 6) is 0.806. The number of nitrogens with two attached hydrogens (primary N) is 1. The van der Waals surface area contributed by atoms with E-state index in [4.69, 9.17) is 11.1 Å². The molecule has 1 aliphatic rings. The lowest BCUT2D eigenvalue weighted by Gasteiger charge is -2.22. The highest BCUT2D eigenvalue weighted by molar-refractivity contribution is 5.60. The van der Waals surface area contributed by atoms with Gasteiger partial charge in [0, 0.05) is 12.3 Å². The highest BCUT2D eigenvalue weighted by Gasteiger charge is 2.15. The molecule has 3 N–H and O–H groups in total. The van der Waals surface area contributed by atoms with Gasteiger partial charge in [-0.1, -0.05) is 32.1 Å². The van der Waals surface area contributed by atoms with Gasteiger partial charge in [-0.15, -0.1) is 0 Å². The molecule has 0 aliphatic heterocycles. The maximum atomic E-state index is 6.98. The van der Waals surface area contributed by atoms with E-state index >= 15 is 0 Å². The Bertz CT molecular complexity index is 117. The van der Waals surface area contributed by atoms with E-state index in [1.165, 1.54) is 38.3 Å². The summed E-state index contributed by atoms with van der Waals surface area (Å²) in [6.07, 6.45) is 9.21. The first-order valence-electron chi connectivity index (χ1n) is 4.59. The molecule has 1 aliphatic carbocycles. The second-order valence-corrected chi connectivity index (χ2v) is 3.57. The third-order valence-corrected chi connectivity index (χ3v) is 2.54. The molecule has 0 aromatic carbocycles. The topological polar surface area (TPSA) is 49.9 Å². The van der Waals surface area contributed by atoms with Gasteiger partial charge in [0.2, 0.25) is 0 Å². The van der Waals surface area contributed by atoms with Crippen LogP contribution >= 0.6 is 0 Å². The largest absolute Gasteiger partial charge is 0.323 e. The smallest absolute Gasteiger partial charge is 0.0395 e. The van der Waals surface area contributed by atoms with Gasteiger partial charge in [-0.05, 0) is 12.3 Å². The Morgan fingerprint density at radius 3 is 2.55 bits per heavy atom. The first-order chi connectivity index (χ1) is 5.33. The molecular formula is C9H18N2. The maximum Gasteiger partial charge on any atom is 0.0395 e. The lowest BCUT2D eigenvalue weighted by Crippen LogP contribution is -2.25. The summed E-state index contributed by atoms with van der Waals surface area (Å²) in [5, 5.41) is 6.98. The van der Waals surface area contributed by atoms with E-state index in [0.29, 0.717) is 0 Å². The minimum atomic E-state index is 0.0121. The fourth-order valence-electron chi connectivity index (χ4n) is 1.88. The van der Waals surface area contributed by atoms with Crippen LogP contribution < -0.4 is 5.73 Å². The SMILES string of the molecule is N=CC(N)CC1CCCCC1. The van der Waals surface area contributed by atoms with E-state index in [0.717, 1.165) is 12.3 Å². The highest BCUT2D eigenvalue weighted by atomic mass is 14.6. The van der Waals surface area contributed by atoms with Crippen LogP contribution in [0.2, 0.25) is 0 Å². The van der Waals surface area contributed by atoms with Crippen LogP contribution in [-0.2, 0) is 0 Å². The summed E-state index contributed by atoms with van der Waals surface area (Å²) in [6.45, 7) is 0. The van der Waals surface area contributed by atoms with Gasteiger partial charge >= 0.3 is 0 Å². The number of hydrogen-bond acceptors (Lipinski definition) is 2. The average molecular weight is 154 g/mol. The van der Waals surface area contributed by atoms with Crippen molar-refractivity contribution in [2.45, 2.75) is 44.6 Å². The Morgan fingerprint density at radius 1 is 1.36 bits per heavy atom. The number of hydrogen-bond donors (Lipinski definition) is 2. The van der Waals surface area contributed by atoms with E-state index in [1.54, 1.807) is 0 Å². The van der Waals surface area contributed by atoms with E-state index in [-0.39, 0.29) is 6.04 Å². The summed E-state index contributed by atoms with van der Waals surface area (Å²) < 4.78 is 0. The molecule has 1 saturated carbocycles. The van der Waals surface area contributed by atoms with Crippen LogP contribution in [0.25, 0.3) is 0 Å². The Hall–Kier alpha value is -0.370. The molecule has 64 valence electrons. The predicted molar refractivity (Wildman–Crippen MR) is 48.0 cm³/mol. The number of rotatable bonds is 3. The minimum absolute atomic E-state index is 0.0121. The van der Waals surface area contributed by atoms with Crippen molar-refractivity contribution in [2.75, 3.05) is 0 Å². The standard InChI is InChI=1S/C9H18N2/c10-7-9(11)6-8-4-2-1-3-5-8/h7-10H,1-6,11H2. The van der Waals surface area contributed by atoms with Crippen LogP contribution in [0.15, 0.2) is 0 Å². The zero-order valence-corrected chi connectivity index (χ0v) is 7.05. The molecule has 2 nitrogen and oxygen atoms in total. The van der Waals surface area contributed by atoms with Crippen molar-refractivity contribution in [1.29, 1.82) is 5.41 Å². The zero-order chi connectivity index (χ0) is 8.10. The molecule has 1 fully saturated rings. The van der Waals surface area contributed by atoms with Crippen molar-refractivity contribution in [2.24, 2.45) is 11.7 Å². The monoisotopic (exact) mass is 154 g/mol. The Morgan fingerprint density at radius 2 is 2.00 bits per heavy atom. The summed E-state index contributed by atoms with van der Waals surface area (Å²) in [4.78, 5) is 0. The van der Waals surface area contributed by atoms with Crippen molar-refractivity contribution in [3.8, 4) is 0 Å². The Kier molecular flexibility index (Phi) is 3.57. The molecule has 0 heterocycles. The van der Waals surface area contributed by atoms with E-state index in [9.17, 15) is 0 Å². The van der Waals surface area contributed by atoms with Gasteiger partial charge in [0.1, 0.15) is 0 Å². The van der Waals surface area contributed by atoms with Gasteiger partial charge in [0.25, 0.3) is 0 Å². The van der Waals surface area contributed by atoms with Crippen molar-refractivity contribution in [3.63, 3.8) is 0 Å². The molecule has 0 saturated heterocycles. The Balaban J connectivity index is 2.18. The third-order valence-electron chi connectivity index (χ3n) is 2.54. The summed E-state index contributed by atoms with van der Waals surface area (Å²) in [5.41, 5.74) is 5.66. The van der Waals surface area contributed by atoms with Crippen molar-refractivity contribution in [3.05, 3.63) is 0 Å². The van der Waals surface area contributed by atoms with Crippen LogP contribution in [0.1, 0.15) is 38.5 Å². The Labute approximate surface area is 68.7 Å². The van der Waals surface area contributed by atoms with Gasteiger partial charge < -0.3 is 11.1 Å². The quantitative estimate of drug-likeness (QED) is 0.600. The molecule has 1 rings (SSSR count). The average Bonchev–Trinajstić information content (AvgIpc) is 2.06.